The maximum absolute atomic E-state index is 12.2. The fraction of sp³-hybridized carbons (Fsp3) is 0.643. The fourth-order valence-electron chi connectivity index (χ4n) is 2.39. The van der Waals surface area contributed by atoms with E-state index in [2.05, 4.69) is 29.0 Å². The predicted molar refractivity (Wildman–Crippen MR) is 75.8 cm³/mol. The number of thiophene rings is 1. The molecule has 1 aliphatic heterocycles. The third kappa shape index (κ3) is 3.56. The first-order chi connectivity index (χ1) is 8.81. The molecule has 1 saturated heterocycles. The molecule has 0 radical (unpaired) electrons. The molecule has 1 fully saturated rings. The number of nitrogens with one attached hydrogen (secondary N) is 2. The summed E-state index contributed by atoms with van der Waals surface area (Å²) in [6.45, 7) is 3.08. The molecule has 1 amide bonds. The van der Waals surface area contributed by atoms with E-state index in [1.165, 1.54) is 17.7 Å². The lowest BCUT2D eigenvalue weighted by Gasteiger charge is -2.20. The van der Waals surface area contributed by atoms with Crippen LogP contribution < -0.4 is 10.6 Å². The van der Waals surface area contributed by atoms with Crippen LogP contribution in [0.15, 0.2) is 17.5 Å². The van der Waals surface area contributed by atoms with Crippen molar-refractivity contribution in [3.05, 3.63) is 22.4 Å². The van der Waals surface area contributed by atoms with Crippen LogP contribution in [0.1, 0.15) is 49.9 Å². The van der Waals surface area contributed by atoms with E-state index in [-0.39, 0.29) is 18.0 Å². The summed E-state index contributed by atoms with van der Waals surface area (Å²) >= 11 is 1.71. The molecule has 1 aromatic rings. The Kier molecular flexibility index (Phi) is 5.20. The summed E-state index contributed by atoms with van der Waals surface area (Å²) in [6.07, 6.45) is 5.48. The first-order valence-corrected chi connectivity index (χ1v) is 7.76. The molecule has 18 heavy (non-hydrogen) atoms. The summed E-state index contributed by atoms with van der Waals surface area (Å²) in [5.74, 6) is 0.164. The normalized spacial score (nSPS) is 22.2. The van der Waals surface area contributed by atoms with Gasteiger partial charge in [-0.2, -0.15) is 0 Å². The van der Waals surface area contributed by atoms with E-state index in [9.17, 15) is 4.79 Å². The Balaban J connectivity index is 1.92. The molecule has 1 aliphatic rings. The highest BCUT2D eigenvalue weighted by Crippen LogP contribution is 2.22. The van der Waals surface area contributed by atoms with Crippen molar-refractivity contribution in [2.75, 3.05) is 6.54 Å². The van der Waals surface area contributed by atoms with Gasteiger partial charge in [-0.15, -0.1) is 11.3 Å². The summed E-state index contributed by atoms with van der Waals surface area (Å²) in [5.41, 5.74) is 0. The molecule has 0 aliphatic carbocycles. The first-order valence-electron chi connectivity index (χ1n) is 6.88. The van der Waals surface area contributed by atoms with Crippen molar-refractivity contribution in [1.29, 1.82) is 0 Å². The van der Waals surface area contributed by atoms with Crippen LogP contribution in [0.5, 0.6) is 0 Å². The van der Waals surface area contributed by atoms with Crippen LogP contribution >= 0.6 is 11.3 Å². The average molecular weight is 266 g/mol. The van der Waals surface area contributed by atoms with Gasteiger partial charge in [-0.1, -0.05) is 25.8 Å². The number of carbonyl (C=O) groups is 1. The SMILES string of the molecule is CCC(NC(=O)C1CCCCCN1)c1cccs1. The highest BCUT2D eigenvalue weighted by Gasteiger charge is 2.22. The van der Waals surface area contributed by atoms with Gasteiger partial charge < -0.3 is 10.6 Å². The van der Waals surface area contributed by atoms with Crippen LogP contribution in [0.25, 0.3) is 0 Å². The van der Waals surface area contributed by atoms with Gasteiger partial charge in [0.25, 0.3) is 0 Å². The molecule has 2 N–H and O–H groups in total. The van der Waals surface area contributed by atoms with E-state index in [1.54, 1.807) is 11.3 Å². The van der Waals surface area contributed by atoms with Gasteiger partial charge in [-0.05, 0) is 37.3 Å². The lowest BCUT2D eigenvalue weighted by atomic mass is 10.1. The lowest BCUT2D eigenvalue weighted by molar-refractivity contribution is -0.124. The van der Waals surface area contributed by atoms with Crippen LogP contribution in [0.4, 0.5) is 0 Å². The number of hydrogen-bond donors (Lipinski definition) is 2. The Morgan fingerprint density at radius 2 is 2.44 bits per heavy atom. The number of hydrogen-bond acceptors (Lipinski definition) is 3. The van der Waals surface area contributed by atoms with E-state index in [0.29, 0.717) is 0 Å². The van der Waals surface area contributed by atoms with Crippen molar-refractivity contribution in [2.24, 2.45) is 0 Å². The number of amides is 1. The Bertz CT molecular complexity index is 356. The van der Waals surface area contributed by atoms with Crippen LogP contribution in [0.2, 0.25) is 0 Å². The van der Waals surface area contributed by atoms with Crippen molar-refractivity contribution in [3.63, 3.8) is 0 Å². The Labute approximate surface area is 113 Å². The zero-order valence-corrected chi connectivity index (χ0v) is 11.8. The monoisotopic (exact) mass is 266 g/mol. The molecule has 2 heterocycles. The van der Waals surface area contributed by atoms with Crippen LogP contribution in [0.3, 0.4) is 0 Å². The summed E-state index contributed by atoms with van der Waals surface area (Å²) < 4.78 is 0. The van der Waals surface area contributed by atoms with Gasteiger partial charge >= 0.3 is 0 Å². The average Bonchev–Trinajstić information content (AvgIpc) is 2.77. The van der Waals surface area contributed by atoms with E-state index >= 15 is 0 Å². The fourth-order valence-corrected chi connectivity index (χ4v) is 3.25. The molecule has 2 rings (SSSR count). The molecule has 0 spiro atoms. The van der Waals surface area contributed by atoms with Gasteiger partial charge in [0, 0.05) is 4.88 Å². The highest BCUT2D eigenvalue weighted by atomic mass is 32.1. The zero-order valence-electron chi connectivity index (χ0n) is 10.9. The van der Waals surface area contributed by atoms with Crippen LogP contribution in [-0.4, -0.2) is 18.5 Å². The minimum Gasteiger partial charge on any atom is -0.347 e. The maximum atomic E-state index is 12.2. The third-order valence-corrected chi connectivity index (χ3v) is 4.47. The molecule has 2 unspecified atom stereocenters. The number of rotatable bonds is 4. The standard InChI is InChI=1S/C14H22N2OS/c1-2-11(13-8-6-10-18-13)16-14(17)12-7-4-3-5-9-15-12/h6,8,10-12,15H,2-5,7,9H2,1H3,(H,16,17). The van der Waals surface area contributed by atoms with Crippen LogP contribution in [0, 0.1) is 0 Å². The molecular formula is C14H22N2OS. The van der Waals surface area contributed by atoms with E-state index in [1.807, 2.05) is 6.07 Å². The summed E-state index contributed by atoms with van der Waals surface area (Å²) in [5, 5.41) is 8.59. The van der Waals surface area contributed by atoms with E-state index < -0.39 is 0 Å². The van der Waals surface area contributed by atoms with Gasteiger partial charge in [-0.3, -0.25) is 4.79 Å². The molecule has 1 aromatic heterocycles. The number of carbonyl (C=O) groups excluding carboxylic acids is 1. The van der Waals surface area contributed by atoms with E-state index in [4.69, 9.17) is 0 Å². The molecule has 100 valence electrons. The van der Waals surface area contributed by atoms with Gasteiger partial charge in [0.1, 0.15) is 0 Å². The first kappa shape index (κ1) is 13.6. The molecule has 0 bridgehead atoms. The molecule has 2 atom stereocenters. The second-order valence-electron chi connectivity index (χ2n) is 4.84. The van der Waals surface area contributed by atoms with Gasteiger partial charge in [0.05, 0.1) is 12.1 Å². The van der Waals surface area contributed by atoms with Gasteiger partial charge in [-0.25, -0.2) is 0 Å². The molecule has 4 heteroatoms. The molecule has 0 aromatic carbocycles. The van der Waals surface area contributed by atoms with Crippen molar-refractivity contribution < 1.29 is 4.79 Å². The van der Waals surface area contributed by atoms with Crippen molar-refractivity contribution in [3.8, 4) is 0 Å². The van der Waals surface area contributed by atoms with Crippen molar-refractivity contribution in [2.45, 2.75) is 51.1 Å². The predicted octanol–water partition coefficient (Wildman–Crippen LogP) is 2.85. The Hall–Kier alpha value is -0.870. The smallest absolute Gasteiger partial charge is 0.237 e. The summed E-state index contributed by atoms with van der Waals surface area (Å²) in [6, 6.07) is 4.31. The second kappa shape index (κ2) is 6.90. The minimum absolute atomic E-state index is 0.00140. The minimum atomic E-state index is 0.00140. The highest BCUT2D eigenvalue weighted by molar-refractivity contribution is 7.10. The van der Waals surface area contributed by atoms with Crippen LogP contribution in [-0.2, 0) is 4.79 Å². The third-order valence-electron chi connectivity index (χ3n) is 3.49. The second-order valence-corrected chi connectivity index (χ2v) is 5.82. The quantitative estimate of drug-likeness (QED) is 0.880. The maximum Gasteiger partial charge on any atom is 0.237 e. The zero-order chi connectivity index (χ0) is 12.8. The van der Waals surface area contributed by atoms with Crippen molar-refractivity contribution in [1.82, 2.24) is 10.6 Å². The molecule has 3 nitrogen and oxygen atoms in total. The Morgan fingerprint density at radius 3 is 3.17 bits per heavy atom. The molecule has 0 saturated carbocycles. The topological polar surface area (TPSA) is 41.1 Å². The molecular weight excluding hydrogens is 244 g/mol. The summed E-state index contributed by atoms with van der Waals surface area (Å²) in [7, 11) is 0. The Morgan fingerprint density at radius 1 is 1.56 bits per heavy atom. The van der Waals surface area contributed by atoms with E-state index in [0.717, 1.165) is 25.8 Å². The van der Waals surface area contributed by atoms with Crippen molar-refractivity contribution >= 4 is 17.2 Å². The van der Waals surface area contributed by atoms with Gasteiger partial charge in [0.2, 0.25) is 5.91 Å². The lowest BCUT2D eigenvalue weighted by Crippen LogP contribution is -2.44. The van der Waals surface area contributed by atoms with Gasteiger partial charge in [0.15, 0.2) is 0 Å². The largest absolute Gasteiger partial charge is 0.347 e. The summed E-state index contributed by atoms with van der Waals surface area (Å²) in [4.78, 5) is 13.5.